The molecule has 1 aliphatic carbocycles. The normalized spacial score (nSPS) is 17.7. The molecule has 0 amide bonds. The lowest BCUT2D eigenvalue weighted by Gasteiger charge is -2.38. The van der Waals surface area contributed by atoms with Crippen LogP contribution in [0.3, 0.4) is 0 Å². The molecule has 1 unspecified atom stereocenters. The van der Waals surface area contributed by atoms with Crippen molar-refractivity contribution in [1.29, 1.82) is 0 Å². The third kappa shape index (κ3) is 4.72. The van der Waals surface area contributed by atoms with Gasteiger partial charge in [0, 0.05) is 18.9 Å². The van der Waals surface area contributed by atoms with Crippen LogP contribution in [0.4, 0.5) is 5.69 Å². The first-order chi connectivity index (χ1) is 10.6. The molecule has 0 saturated carbocycles. The van der Waals surface area contributed by atoms with Crippen molar-refractivity contribution in [2.45, 2.75) is 12.8 Å². The summed E-state index contributed by atoms with van der Waals surface area (Å²) in [6.45, 7) is 0.440. The molecular formula is C19H24N2O. The summed E-state index contributed by atoms with van der Waals surface area (Å²) in [5, 5.41) is 12.5. The Morgan fingerprint density at radius 3 is 2.64 bits per heavy atom. The first kappa shape index (κ1) is 16.3. The zero-order valence-corrected chi connectivity index (χ0v) is 13.4. The maximum atomic E-state index is 12.5. The van der Waals surface area contributed by atoms with Crippen LogP contribution in [0.5, 0.6) is 0 Å². The molecule has 0 heterocycles. The number of para-hydroxylation sites is 1. The summed E-state index contributed by atoms with van der Waals surface area (Å²) in [5.41, 5.74) is 1.98. The van der Waals surface area contributed by atoms with Gasteiger partial charge in [-0.15, -0.1) is 0 Å². The third-order valence-electron chi connectivity index (χ3n) is 3.70. The number of hydrogen-bond acceptors (Lipinski definition) is 2. The molecule has 1 aromatic rings. The van der Waals surface area contributed by atoms with Gasteiger partial charge in [-0.25, -0.2) is 0 Å². The smallest absolute Gasteiger partial charge is 0.128 e. The standard InChI is InChI=1S/C19H24N2O/c1-20(18-12-6-3-7-13-18)16-10-5-11-17-21(2,22)19-14-8-4-9-15-19/h3,5-8,10-16H,4,9,17H2,1-2H3/b11-5+,16-10+. The molecule has 0 N–H and O–H groups in total. The molecule has 0 spiro atoms. The molecule has 0 saturated heterocycles. The van der Waals surface area contributed by atoms with E-state index in [1.165, 1.54) is 0 Å². The predicted molar refractivity (Wildman–Crippen MR) is 94.0 cm³/mol. The summed E-state index contributed by atoms with van der Waals surface area (Å²) in [6.07, 6.45) is 15.9. The lowest BCUT2D eigenvalue weighted by Crippen LogP contribution is -2.36. The van der Waals surface area contributed by atoms with Gasteiger partial charge in [0.25, 0.3) is 0 Å². The van der Waals surface area contributed by atoms with E-state index in [0.717, 1.165) is 24.2 Å². The van der Waals surface area contributed by atoms with Crippen LogP contribution in [-0.2, 0) is 0 Å². The minimum atomic E-state index is -0.352. The molecule has 0 fully saturated rings. The fourth-order valence-corrected chi connectivity index (χ4v) is 2.32. The average Bonchev–Trinajstić information content (AvgIpc) is 2.56. The number of hydrogen-bond donors (Lipinski definition) is 0. The number of likely N-dealkylation sites (N-methyl/N-ethyl adjacent to an activating group) is 1. The number of anilines is 1. The largest absolute Gasteiger partial charge is 0.627 e. The van der Waals surface area contributed by atoms with Crippen molar-refractivity contribution in [2.75, 3.05) is 25.5 Å². The minimum absolute atomic E-state index is 0.352. The van der Waals surface area contributed by atoms with Crippen molar-refractivity contribution in [3.05, 3.63) is 83.9 Å². The van der Waals surface area contributed by atoms with Gasteiger partial charge in [-0.1, -0.05) is 30.4 Å². The molecule has 2 rings (SSSR count). The van der Waals surface area contributed by atoms with E-state index in [2.05, 4.69) is 18.2 Å². The van der Waals surface area contributed by atoms with Crippen molar-refractivity contribution >= 4 is 5.69 Å². The summed E-state index contributed by atoms with van der Waals surface area (Å²) in [4.78, 5) is 2.04. The second kappa shape index (κ2) is 7.78. The predicted octanol–water partition coefficient (Wildman–Crippen LogP) is 4.37. The molecule has 1 atom stereocenters. The van der Waals surface area contributed by atoms with E-state index in [4.69, 9.17) is 0 Å². The molecule has 3 nitrogen and oxygen atoms in total. The Kier molecular flexibility index (Phi) is 5.75. The number of benzene rings is 1. The van der Waals surface area contributed by atoms with Crippen LogP contribution in [0.1, 0.15) is 12.8 Å². The summed E-state index contributed by atoms with van der Waals surface area (Å²) in [6, 6.07) is 10.1. The molecule has 0 aromatic heterocycles. The number of allylic oxidation sites excluding steroid dienone is 5. The Labute approximate surface area is 133 Å². The van der Waals surface area contributed by atoms with Gasteiger partial charge < -0.3 is 14.8 Å². The van der Waals surface area contributed by atoms with Crippen molar-refractivity contribution in [3.8, 4) is 0 Å². The second-order valence-corrected chi connectivity index (χ2v) is 5.61. The quantitative estimate of drug-likeness (QED) is 0.442. The monoisotopic (exact) mass is 296 g/mol. The highest BCUT2D eigenvalue weighted by atomic mass is 16.5. The second-order valence-electron chi connectivity index (χ2n) is 5.61. The lowest BCUT2D eigenvalue weighted by molar-refractivity contribution is -0.812. The Morgan fingerprint density at radius 2 is 1.95 bits per heavy atom. The third-order valence-corrected chi connectivity index (χ3v) is 3.70. The molecule has 0 aliphatic heterocycles. The molecule has 116 valence electrons. The van der Waals surface area contributed by atoms with Crippen LogP contribution < -0.4 is 4.90 Å². The molecule has 0 bridgehead atoms. The molecule has 3 heteroatoms. The number of quaternary nitrogens is 1. The Hall–Kier alpha value is -2.10. The van der Waals surface area contributed by atoms with Crippen molar-refractivity contribution in [3.63, 3.8) is 0 Å². The van der Waals surface area contributed by atoms with Crippen LogP contribution >= 0.6 is 0 Å². The van der Waals surface area contributed by atoms with E-state index < -0.39 is 0 Å². The molecule has 1 aliphatic rings. The lowest BCUT2D eigenvalue weighted by atomic mass is 10.1. The van der Waals surface area contributed by atoms with Gasteiger partial charge in [0.2, 0.25) is 0 Å². The van der Waals surface area contributed by atoms with E-state index in [-0.39, 0.29) is 4.65 Å². The summed E-state index contributed by atoms with van der Waals surface area (Å²) >= 11 is 0. The van der Waals surface area contributed by atoms with Crippen LogP contribution in [0, 0.1) is 5.21 Å². The first-order valence-corrected chi connectivity index (χ1v) is 7.64. The van der Waals surface area contributed by atoms with E-state index in [0.29, 0.717) is 6.54 Å². The highest BCUT2D eigenvalue weighted by Crippen LogP contribution is 2.19. The van der Waals surface area contributed by atoms with Gasteiger partial charge in [0.15, 0.2) is 0 Å². The first-order valence-electron chi connectivity index (χ1n) is 7.64. The topological polar surface area (TPSA) is 26.3 Å². The molecule has 1 aromatic carbocycles. The number of rotatable bonds is 6. The Bertz CT molecular complexity index is 583. The molecule has 22 heavy (non-hydrogen) atoms. The summed E-state index contributed by atoms with van der Waals surface area (Å²) in [7, 11) is 3.71. The zero-order chi connectivity index (χ0) is 15.8. The van der Waals surface area contributed by atoms with Crippen LogP contribution in [0.15, 0.2) is 78.7 Å². The van der Waals surface area contributed by atoms with Gasteiger partial charge in [0.05, 0.1) is 7.05 Å². The minimum Gasteiger partial charge on any atom is -0.627 e. The van der Waals surface area contributed by atoms with E-state index in [1.54, 1.807) is 7.05 Å². The fourth-order valence-electron chi connectivity index (χ4n) is 2.32. The average molecular weight is 296 g/mol. The Morgan fingerprint density at radius 1 is 1.18 bits per heavy atom. The summed E-state index contributed by atoms with van der Waals surface area (Å²) < 4.78 is -0.352. The number of hydroxylamine groups is 3. The van der Waals surface area contributed by atoms with E-state index in [9.17, 15) is 5.21 Å². The van der Waals surface area contributed by atoms with Gasteiger partial charge >= 0.3 is 0 Å². The maximum Gasteiger partial charge on any atom is 0.128 e. The van der Waals surface area contributed by atoms with Gasteiger partial charge in [0.1, 0.15) is 12.2 Å². The number of nitrogens with zero attached hydrogens (tertiary/aromatic N) is 2. The van der Waals surface area contributed by atoms with Crippen molar-refractivity contribution in [2.24, 2.45) is 0 Å². The van der Waals surface area contributed by atoms with Crippen LogP contribution in [0.2, 0.25) is 0 Å². The Balaban J connectivity index is 1.86. The SMILES string of the molecule is CN(/C=C/C=C/C[N+](C)([O-])C1=CCCC=C1)c1ccccc1. The summed E-state index contributed by atoms with van der Waals surface area (Å²) in [5.74, 6) is 0. The molecular weight excluding hydrogens is 272 g/mol. The fraction of sp³-hybridized carbons (Fsp3) is 0.263. The highest BCUT2D eigenvalue weighted by molar-refractivity contribution is 5.48. The van der Waals surface area contributed by atoms with Gasteiger partial charge in [-0.3, -0.25) is 0 Å². The van der Waals surface area contributed by atoms with E-state index in [1.807, 2.05) is 66.7 Å². The van der Waals surface area contributed by atoms with Gasteiger partial charge in [-0.2, -0.15) is 0 Å². The highest BCUT2D eigenvalue weighted by Gasteiger charge is 2.14. The van der Waals surface area contributed by atoms with Crippen LogP contribution in [-0.4, -0.2) is 25.3 Å². The van der Waals surface area contributed by atoms with Crippen LogP contribution in [0.25, 0.3) is 0 Å². The maximum absolute atomic E-state index is 12.5. The van der Waals surface area contributed by atoms with E-state index >= 15 is 0 Å². The van der Waals surface area contributed by atoms with Gasteiger partial charge in [-0.05, 0) is 49.3 Å². The zero-order valence-electron chi connectivity index (χ0n) is 13.4. The van der Waals surface area contributed by atoms with Crippen molar-refractivity contribution < 1.29 is 4.65 Å². The molecule has 0 radical (unpaired) electrons. The van der Waals surface area contributed by atoms with Crippen molar-refractivity contribution in [1.82, 2.24) is 0 Å².